The molecule has 1 saturated heterocycles. The monoisotopic (exact) mass is 271 g/mol. The highest BCUT2D eigenvalue weighted by molar-refractivity contribution is 5.78. The second-order valence-electron chi connectivity index (χ2n) is 5.30. The van der Waals surface area contributed by atoms with E-state index >= 15 is 0 Å². The highest BCUT2D eigenvalue weighted by Crippen LogP contribution is 2.25. The van der Waals surface area contributed by atoms with E-state index in [0.717, 1.165) is 12.8 Å². The number of piperidine rings is 1. The van der Waals surface area contributed by atoms with Crippen molar-refractivity contribution in [3.63, 3.8) is 0 Å². The lowest BCUT2D eigenvalue weighted by Gasteiger charge is -2.33. The van der Waals surface area contributed by atoms with Gasteiger partial charge in [-0.3, -0.25) is 4.79 Å². The van der Waals surface area contributed by atoms with Crippen LogP contribution in [0.5, 0.6) is 0 Å². The largest absolute Gasteiger partial charge is 0.481 e. The van der Waals surface area contributed by atoms with Gasteiger partial charge in [-0.15, -0.1) is 0 Å². The first-order valence-electron chi connectivity index (χ1n) is 6.97. The topological polar surface area (TPSA) is 95.7 Å². The Kier molecular flexibility index (Phi) is 5.60. The van der Waals surface area contributed by atoms with Crippen LogP contribution in [0.3, 0.4) is 0 Å². The molecule has 1 heterocycles. The van der Waals surface area contributed by atoms with Crippen LogP contribution in [-0.2, 0) is 4.79 Å². The zero-order valence-corrected chi connectivity index (χ0v) is 11.8. The van der Waals surface area contributed by atoms with E-state index in [0.29, 0.717) is 25.9 Å². The molecule has 0 aliphatic carbocycles. The number of aliphatic carboxylic acids is 1. The lowest BCUT2D eigenvalue weighted by atomic mass is 9.82. The first-order chi connectivity index (χ1) is 8.95. The van der Waals surface area contributed by atoms with Crippen LogP contribution in [0.1, 0.15) is 39.5 Å². The van der Waals surface area contributed by atoms with Gasteiger partial charge in [-0.05, 0) is 25.7 Å². The number of hydrogen-bond donors (Lipinski definition) is 3. The minimum absolute atomic E-state index is 0.0288. The summed E-state index contributed by atoms with van der Waals surface area (Å²) in [6.07, 6.45) is 2.84. The van der Waals surface area contributed by atoms with Crippen LogP contribution in [-0.4, -0.2) is 47.7 Å². The smallest absolute Gasteiger partial charge is 0.317 e. The van der Waals surface area contributed by atoms with E-state index in [-0.39, 0.29) is 18.6 Å². The molecular weight excluding hydrogens is 246 g/mol. The molecule has 0 aromatic rings. The molecule has 0 radical (unpaired) electrons. The Morgan fingerprint density at radius 1 is 1.42 bits per heavy atom. The number of carbonyl (C=O) groups is 2. The van der Waals surface area contributed by atoms with Crippen molar-refractivity contribution >= 4 is 12.0 Å². The van der Waals surface area contributed by atoms with E-state index in [2.05, 4.69) is 5.32 Å². The van der Waals surface area contributed by atoms with E-state index in [1.165, 1.54) is 0 Å². The summed E-state index contributed by atoms with van der Waals surface area (Å²) in [7, 11) is 0. The maximum absolute atomic E-state index is 12.0. The van der Waals surface area contributed by atoms with Crippen molar-refractivity contribution in [2.45, 2.75) is 45.6 Å². The highest BCUT2D eigenvalue weighted by Gasteiger charge is 2.35. The van der Waals surface area contributed by atoms with E-state index < -0.39 is 11.4 Å². The Balaban J connectivity index is 2.54. The van der Waals surface area contributed by atoms with Crippen LogP contribution in [0.4, 0.5) is 4.79 Å². The number of nitrogens with one attached hydrogen (secondary N) is 1. The molecule has 1 fully saturated rings. The molecule has 2 amide bonds. The zero-order chi connectivity index (χ0) is 14.5. The van der Waals surface area contributed by atoms with Gasteiger partial charge in [-0.25, -0.2) is 4.79 Å². The third-order valence-corrected chi connectivity index (χ3v) is 4.13. The van der Waals surface area contributed by atoms with Crippen LogP contribution < -0.4 is 11.1 Å². The number of amides is 2. The summed E-state index contributed by atoms with van der Waals surface area (Å²) in [5.74, 6) is -0.854. The van der Waals surface area contributed by atoms with Crippen molar-refractivity contribution < 1.29 is 14.7 Å². The number of carboxylic acid groups (broad SMARTS) is 1. The van der Waals surface area contributed by atoms with Crippen LogP contribution in [0.2, 0.25) is 0 Å². The maximum atomic E-state index is 12.0. The van der Waals surface area contributed by atoms with E-state index in [9.17, 15) is 14.7 Å². The number of nitrogens with zero attached hydrogens (tertiary/aromatic N) is 1. The van der Waals surface area contributed by atoms with Gasteiger partial charge in [0, 0.05) is 25.7 Å². The van der Waals surface area contributed by atoms with Crippen LogP contribution in [0.25, 0.3) is 0 Å². The molecule has 1 aliphatic heterocycles. The fraction of sp³-hybridized carbons (Fsp3) is 0.846. The molecule has 1 unspecified atom stereocenters. The van der Waals surface area contributed by atoms with Crippen molar-refractivity contribution in [2.75, 3.05) is 19.6 Å². The SMILES string of the molecule is CCC(CC)(CNC(=O)N1CCCC(N)C1)C(=O)O. The molecule has 4 N–H and O–H groups in total. The molecule has 6 nitrogen and oxygen atoms in total. The van der Waals surface area contributed by atoms with E-state index in [4.69, 9.17) is 5.73 Å². The zero-order valence-electron chi connectivity index (χ0n) is 11.8. The third kappa shape index (κ3) is 3.83. The van der Waals surface area contributed by atoms with Crippen LogP contribution in [0, 0.1) is 5.41 Å². The first-order valence-corrected chi connectivity index (χ1v) is 6.97. The molecule has 19 heavy (non-hydrogen) atoms. The number of rotatable bonds is 5. The molecular formula is C13H25N3O3. The lowest BCUT2D eigenvalue weighted by molar-refractivity contribution is -0.149. The Labute approximate surface area is 114 Å². The minimum Gasteiger partial charge on any atom is -0.481 e. The lowest BCUT2D eigenvalue weighted by Crippen LogP contribution is -2.52. The molecule has 1 rings (SSSR count). The Hall–Kier alpha value is -1.30. The molecule has 6 heteroatoms. The predicted octanol–water partition coefficient (Wildman–Crippen LogP) is 1.01. The van der Waals surface area contributed by atoms with E-state index in [1.54, 1.807) is 4.90 Å². The predicted molar refractivity (Wildman–Crippen MR) is 72.8 cm³/mol. The molecule has 0 spiro atoms. The van der Waals surface area contributed by atoms with Crippen molar-refractivity contribution in [1.29, 1.82) is 0 Å². The fourth-order valence-electron chi connectivity index (χ4n) is 2.43. The highest BCUT2D eigenvalue weighted by atomic mass is 16.4. The molecule has 110 valence electrons. The van der Waals surface area contributed by atoms with Crippen molar-refractivity contribution in [1.82, 2.24) is 10.2 Å². The van der Waals surface area contributed by atoms with Gasteiger partial charge in [0.15, 0.2) is 0 Å². The molecule has 0 aromatic carbocycles. The van der Waals surface area contributed by atoms with Crippen molar-refractivity contribution in [3.05, 3.63) is 0 Å². The maximum Gasteiger partial charge on any atom is 0.317 e. The first kappa shape index (κ1) is 15.8. The van der Waals surface area contributed by atoms with Gasteiger partial charge < -0.3 is 21.1 Å². The summed E-state index contributed by atoms with van der Waals surface area (Å²) in [5.41, 5.74) is 4.96. The van der Waals surface area contributed by atoms with Gasteiger partial charge in [-0.2, -0.15) is 0 Å². The normalized spacial score (nSPS) is 20.2. The standard InChI is InChI=1S/C13H25N3O3/c1-3-13(4-2,11(17)18)9-15-12(19)16-7-5-6-10(14)8-16/h10H,3-9,14H2,1-2H3,(H,15,19)(H,17,18). The summed E-state index contributed by atoms with van der Waals surface area (Å²) < 4.78 is 0. The van der Waals surface area contributed by atoms with Gasteiger partial charge in [0.1, 0.15) is 0 Å². The van der Waals surface area contributed by atoms with Crippen LogP contribution in [0.15, 0.2) is 0 Å². The Bertz CT molecular complexity index is 329. The number of hydrogen-bond acceptors (Lipinski definition) is 3. The summed E-state index contributed by atoms with van der Waals surface area (Å²) >= 11 is 0. The quantitative estimate of drug-likeness (QED) is 0.695. The number of carbonyl (C=O) groups excluding carboxylic acids is 1. The van der Waals surface area contributed by atoms with E-state index in [1.807, 2.05) is 13.8 Å². The molecule has 0 saturated carbocycles. The Morgan fingerprint density at radius 2 is 2.05 bits per heavy atom. The molecule has 1 atom stereocenters. The number of nitrogens with two attached hydrogens (primary N) is 1. The molecule has 1 aliphatic rings. The summed E-state index contributed by atoms with van der Waals surface area (Å²) in [6.45, 7) is 5.07. The summed E-state index contributed by atoms with van der Waals surface area (Å²) in [6, 6.07) is -0.177. The number of likely N-dealkylation sites (tertiary alicyclic amines) is 1. The summed E-state index contributed by atoms with van der Waals surface area (Å²) in [5, 5.41) is 12.1. The Morgan fingerprint density at radius 3 is 2.53 bits per heavy atom. The second kappa shape index (κ2) is 6.75. The van der Waals surface area contributed by atoms with Gasteiger partial charge >= 0.3 is 12.0 Å². The minimum atomic E-state index is -0.867. The molecule has 0 aromatic heterocycles. The van der Waals surface area contributed by atoms with Gasteiger partial charge in [0.05, 0.1) is 5.41 Å². The third-order valence-electron chi connectivity index (χ3n) is 4.13. The van der Waals surface area contributed by atoms with Gasteiger partial charge in [0.2, 0.25) is 0 Å². The van der Waals surface area contributed by atoms with Crippen molar-refractivity contribution in [3.8, 4) is 0 Å². The number of carboxylic acids is 1. The summed E-state index contributed by atoms with van der Waals surface area (Å²) in [4.78, 5) is 25.0. The average molecular weight is 271 g/mol. The van der Waals surface area contributed by atoms with Gasteiger partial charge in [-0.1, -0.05) is 13.8 Å². The van der Waals surface area contributed by atoms with Crippen LogP contribution >= 0.6 is 0 Å². The number of urea groups is 1. The average Bonchev–Trinajstić information content (AvgIpc) is 2.40. The molecule has 0 bridgehead atoms. The van der Waals surface area contributed by atoms with Gasteiger partial charge in [0.25, 0.3) is 0 Å². The van der Waals surface area contributed by atoms with Crippen molar-refractivity contribution in [2.24, 2.45) is 11.1 Å². The fourth-order valence-corrected chi connectivity index (χ4v) is 2.43. The second-order valence-corrected chi connectivity index (χ2v) is 5.30.